The second-order valence-corrected chi connectivity index (χ2v) is 9.07. The minimum absolute atomic E-state index is 0.352. The maximum atomic E-state index is 11.2. The van der Waals surface area contributed by atoms with Crippen molar-refractivity contribution in [3.63, 3.8) is 0 Å². The highest BCUT2D eigenvalue weighted by atomic mass is 31.2. The first-order valence-electron chi connectivity index (χ1n) is 11.0. The van der Waals surface area contributed by atoms with Crippen LogP contribution in [0.15, 0.2) is 0 Å². The molecular formula is C20H42NO7P. The summed E-state index contributed by atoms with van der Waals surface area (Å²) in [6.45, 7) is 2.86. The van der Waals surface area contributed by atoms with E-state index in [1.54, 1.807) is 0 Å². The number of rotatable bonds is 19. The van der Waals surface area contributed by atoms with Crippen LogP contribution in [0.4, 0.5) is 0 Å². The number of phosphoric ester groups is 1. The normalized spacial score (nSPS) is 15.1. The molecule has 174 valence electrons. The second-order valence-electron chi connectivity index (χ2n) is 7.83. The molecule has 1 amide bonds. The number of aliphatic hydroxyl groups excluding tert-OH is 2. The van der Waals surface area contributed by atoms with Gasteiger partial charge in [-0.1, -0.05) is 84.0 Å². The van der Waals surface area contributed by atoms with E-state index in [1.807, 2.05) is 0 Å². The van der Waals surface area contributed by atoms with E-state index in [0.29, 0.717) is 6.42 Å². The average molecular weight is 440 g/mol. The van der Waals surface area contributed by atoms with Gasteiger partial charge < -0.3 is 25.3 Å². The number of carbonyl (C=O) groups excluding carboxylic acids is 1. The summed E-state index contributed by atoms with van der Waals surface area (Å²) in [6.07, 6.45) is 12.2. The number of phosphoric acid groups is 1. The first-order valence-corrected chi connectivity index (χ1v) is 12.5. The molecule has 0 saturated carbocycles. The third-order valence-electron chi connectivity index (χ3n) is 4.97. The van der Waals surface area contributed by atoms with Crippen molar-refractivity contribution in [2.24, 2.45) is 0 Å². The van der Waals surface area contributed by atoms with E-state index in [1.165, 1.54) is 58.3 Å². The van der Waals surface area contributed by atoms with E-state index in [2.05, 4.69) is 16.8 Å². The molecule has 5 N–H and O–H groups in total. The molecule has 0 aliphatic rings. The number of amides is 1. The molecule has 0 aliphatic heterocycles. The molecule has 8 nitrogen and oxygen atoms in total. The minimum atomic E-state index is -4.73. The Morgan fingerprint density at radius 3 is 1.76 bits per heavy atom. The van der Waals surface area contributed by atoms with E-state index >= 15 is 0 Å². The van der Waals surface area contributed by atoms with Crippen LogP contribution in [0, 0.1) is 0 Å². The maximum Gasteiger partial charge on any atom is 0.469 e. The van der Waals surface area contributed by atoms with Gasteiger partial charge in [0.05, 0.1) is 18.8 Å². The highest BCUT2D eigenvalue weighted by molar-refractivity contribution is 7.46. The van der Waals surface area contributed by atoms with Crippen molar-refractivity contribution < 1.29 is 33.9 Å². The Hall–Kier alpha value is -0.500. The van der Waals surface area contributed by atoms with Gasteiger partial charge in [-0.25, -0.2) is 4.57 Å². The first-order chi connectivity index (χ1) is 13.7. The summed E-state index contributed by atoms with van der Waals surface area (Å²) in [6, 6.07) is -1.09. The van der Waals surface area contributed by atoms with E-state index in [-0.39, 0.29) is 0 Å². The predicted molar refractivity (Wildman–Crippen MR) is 113 cm³/mol. The van der Waals surface area contributed by atoms with Crippen molar-refractivity contribution in [2.75, 3.05) is 6.61 Å². The summed E-state index contributed by atoms with van der Waals surface area (Å²) in [7, 11) is -4.73. The lowest BCUT2D eigenvalue weighted by Gasteiger charge is -2.27. The number of hydrogen-bond acceptors (Lipinski definition) is 5. The van der Waals surface area contributed by atoms with Crippen LogP contribution in [-0.2, 0) is 13.9 Å². The molecule has 0 aromatic heterocycles. The summed E-state index contributed by atoms with van der Waals surface area (Å²) in [5.74, 6) is -0.485. The van der Waals surface area contributed by atoms with Crippen molar-refractivity contribution in [3.05, 3.63) is 0 Å². The number of aliphatic hydroxyl groups is 2. The molecule has 3 atom stereocenters. The zero-order valence-corrected chi connectivity index (χ0v) is 19.0. The first kappa shape index (κ1) is 28.5. The fraction of sp³-hybridized carbons (Fsp3) is 0.950. The molecule has 0 aliphatic carbocycles. The quantitative estimate of drug-likeness (QED) is 0.154. The van der Waals surface area contributed by atoms with Crippen LogP contribution in [0.1, 0.15) is 97.3 Å². The predicted octanol–water partition coefficient (Wildman–Crippen LogP) is 3.41. The lowest BCUT2D eigenvalue weighted by molar-refractivity contribution is -0.122. The standard InChI is InChI=1S/C20H42NO7P/c1-3-4-5-6-7-8-9-10-11-12-13-14-15-19(23)20(24)18(21-17(2)22)16-28-29(25,26)27/h18-20,23-24H,3-16H2,1-2H3,(H,21,22)(H2,25,26,27)/t18-,19+,20-/m0/s1. The smallest absolute Gasteiger partial charge is 0.390 e. The van der Waals surface area contributed by atoms with Gasteiger partial charge in [0.25, 0.3) is 0 Å². The SMILES string of the molecule is CCCCCCCCCCCCCC[C@@H](O)[C@@H](O)[C@H](COP(=O)(O)O)NC(C)=O. The highest BCUT2D eigenvalue weighted by Crippen LogP contribution is 2.36. The summed E-state index contributed by atoms with van der Waals surface area (Å²) < 4.78 is 15.2. The van der Waals surface area contributed by atoms with Gasteiger partial charge in [-0.2, -0.15) is 0 Å². The van der Waals surface area contributed by atoms with Crippen molar-refractivity contribution in [1.29, 1.82) is 0 Å². The molecule has 0 aromatic carbocycles. The van der Waals surface area contributed by atoms with Crippen molar-refractivity contribution in [1.82, 2.24) is 5.32 Å². The molecule has 0 fully saturated rings. The Kier molecular flexibility index (Phi) is 16.9. The van der Waals surface area contributed by atoms with Crippen LogP contribution in [0.3, 0.4) is 0 Å². The molecule has 0 unspecified atom stereocenters. The fourth-order valence-electron chi connectivity index (χ4n) is 3.30. The van der Waals surface area contributed by atoms with Crippen molar-refractivity contribution in [2.45, 2.75) is 116 Å². The van der Waals surface area contributed by atoms with E-state index in [4.69, 9.17) is 9.79 Å². The topological polar surface area (TPSA) is 136 Å². The van der Waals surface area contributed by atoms with E-state index in [0.717, 1.165) is 25.7 Å². The Morgan fingerprint density at radius 1 is 0.897 bits per heavy atom. The van der Waals surface area contributed by atoms with Gasteiger partial charge in [0.2, 0.25) is 5.91 Å². The van der Waals surface area contributed by atoms with E-state index in [9.17, 15) is 19.6 Å². The molecular weight excluding hydrogens is 397 g/mol. The third-order valence-corrected chi connectivity index (χ3v) is 5.46. The van der Waals surface area contributed by atoms with Gasteiger partial charge in [0.1, 0.15) is 6.10 Å². The molecule has 0 radical (unpaired) electrons. The van der Waals surface area contributed by atoms with Gasteiger partial charge in [0, 0.05) is 6.92 Å². The number of unbranched alkanes of at least 4 members (excludes halogenated alkanes) is 11. The highest BCUT2D eigenvalue weighted by Gasteiger charge is 2.29. The van der Waals surface area contributed by atoms with Crippen molar-refractivity contribution in [3.8, 4) is 0 Å². The monoisotopic (exact) mass is 439 g/mol. The Balaban J connectivity index is 3.90. The number of hydrogen-bond donors (Lipinski definition) is 5. The largest absolute Gasteiger partial charge is 0.469 e. The Labute approximate surface area is 175 Å². The van der Waals surface area contributed by atoms with Crippen molar-refractivity contribution >= 4 is 13.7 Å². The second kappa shape index (κ2) is 17.2. The fourth-order valence-corrected chi connectivity index (χ4v) is 3.65. The molecule has 0 heterocycles. The molecule has 0 aromatic rings. The molecule has 9 heteroatoms. The molecule has 0 bridgehead atoms. The molecule has 0 saturated heterocycles. The lowest BCUT2D eigenvalue weighted by Crippen LogP contribution is -2.50. The van der Waals surface area contributed by atoms with Gasteiger partial charge in [-0.15, -0.1) is 0 Å². The van der Waals surface area contributed by atoms with Crippen LogP contribution in [0.2, 0.25) is 0 Å². The Morgan fingerprint density at radius 2 is 1.34 bits per heavy atom. The summed E-state index contributed by atoms with van der Waals surface area (Å²) in [5.41, 5.74) is 0. The Bertz CT molecular complexity index is 458. The van der Waals surface area contributed by atoms with Crippen LogP contribution in [0.25, 0.3) is 0 Å². The van der Waals surface area contributed by atoms with Gasteiger partial charge in [-0.3, -0.25) is 9.32 Å². The summed E-state index contributed by atoms with van der Waals surface area (Å²) in [4.78, 5) is 28.8. The van der Waals surface area contributed by atoms with Crippen LogP contribution in [0.5, 0.6) is 0 Å². The summed E-state index contributed by atoms with van der Waals surface area (Å²) in [5, 5.41) is 22.7. The molecule has 0 spiro atoms. The van der Waals surface area contributed by atoms with Gasteiger partial charge in [0.15, 0.2) is 0 Å². The van der Waals surface area contributed by atoms with E-state index < -0.39 is 38.6 Å². The van der Waals surface area contributed by atoms with Gasteiger partial charge >= 0.3 is 7.82 Å². The van der Waals surface area contributed by atoms with Crippen LogP contribution >= 0.6 is 7.82 Å². The van der Waals surface area contributed by atoms with Crippen LogP contribution in [-0.4, -0.2) is 50.8 Å². The summed E-state index contributed by atoms with van der Waals surface area (Å²) >= 11 is 0. The molecule has 29 heavy (non-hydrogen) atoms. The van der Waals surface area contributed by atoms with Gasteiger partial charge in [-0.05, 0) is 6.42 Å². The lowest BCUT2D eigenvalue weighted by atomic mass is 9.99. The maximum absolute atomic E-state index is 11.2. The molecule has 0 rings (SSSR count). The minimum Gasteiger partial charge on any atom is -0.390 e. The average Bonchev–Trinajstić information content (AvgIpc) is 2.64. The zero-order valence-electron chi connectivity index (χ0n) is 18.1. The number of nitrogens with one attached hydrogen (secondary N) is 1. The van der Waals surface area contributed by atoms with Crippen LogP contribution < -0.4 is 5.32 Å². The third kappa shape index (κ3) is 18.0. The zero-order chi connectivity index (χ0) is 22.1. The number of carbonyl (C=O) groups is 1.